The van der Waals surface area contributed by atoms with Crippen LogP contribution in [0.2, 0.25) is 0 Å². The molecule has 2 aromatic rings. The van der Waals surface area contributed by atoms with Gasteiger partial charge in [-0.1, -0.05) is 25.1 Å². The van der Waals surface area contributed by atoms with Gasteiger partial charge in [0.1, 0.15) is 12.4 Å². The molecular weight excluding hydrogens is 342 g/mol. The minimum Gasteiger partial charge on any atom is -0.492 e. The average Bonchev–Trinajstić information content (AvgIpc) is 2.66. The second-order valence-electron chi connectivity index (χ2n) is 6.81. The summed E-state index contributed by atoms with van der Waals surface area (Å²) >= 11 is 0. The molecule has 2 aromatic carbocycles. The number of benzene rings is 2. The Morgan fingerprint density at radius 3 is 2.30 bits per heavy atom. The molecule has 27 heavy (non-hydrogen) atoms. The largest absolute Gasteiger partial charge is 0.492 e. The quantitative estimate of drug-likeness (QED) is 0.619. The van der Waals surface area contributed by atoms with Gasteiger partial charge in [-0.25, -0.2) is 4.79 Å². The lowest BCUT2D eigenvalue weighted by Gasteiger charge is -2.24. The highest BCUT2D eigenvalue weighted by Crippen LogP contribution is 2.13. The van der Waals surface area contributed by atoms with Gasteiger partial charge in [-0.3, -0.25) is 4.79 Å². The van der Waals surface area contributed by atoms with Gasteiger partial charge in [0.2, 0.25) is 0 Å². The van der Waals surface area contributed by atoms with Crippen molar-refractivity contribution in [2.75, 3.05) is 18.5 Å². The molecule has 144 valence electrons. The first-order valence-electron chi connectivity index (χ1n) is 9.05. The fourth-order valence-electron chi connectivity index (χ4n) is 2.20. The number of hydrogen-bond donors (Lipinski definition) is 3. The van der Waals surface area contributed by atoms with Crippen molar-refractivity contribution in [2.45, 2.75) is 32.7 Å². The zero-order valence-electron chi connectivity index (χ0n) is 16.0. The molecular formula is C21H27N3O3. The molecule has 6 heteroatoms. The van der Waals surface area contributed by atoms with Gasteiger partial charge in [0, 0.05) is 16.8 Å². The highest BCUT2D eigenvalue weighted by atomic mass is 16.5. The molecule has 0 heterocycles. The highest BCUT2D eigenvalue weighted by Gasteiger charge is 2.18. The monoisotopic (exact) mass is 369 g/mol. The number of amides is 3. The number of rotatable bonds is 8. The average molecular weight is 369 g/mol. The lowest BCUT2D eigenvalue weighted by Crippen LogP contribution is -2.42. The topological polar surface area (TPSA) is 79.5 Å². The van der Waals surface area contributed by atoms with Crippen LogP contribution in [0.4, 0.5) is 10.5 Å². The summed E-state index contributed by atoms with van der Waals surface area (Å²) in [5, 5.41) is 8.43. The second kappa shape index (κ2) is 9.62. The molecule has 0 atom stereocenters. The number of ether oxygens (including phenoxy) is 1. The summed E-state index contributed by atoms with van der Waals surface area (Å²) < 4.78 is 5.51. The van der Waals surface area contributed by atoms with Crippen molar-refractivity contribution in [3.8, 4) is 5.75 Å². The van der Waals surface area contributed by atoms with E-state index in [9.17, 15) is 9.59 Å². The molecule has 0 aliphatic carbocycles. The third kappa shape index (κ3) is 7.01. The van der Waals surface area contributed by atoms with Crippen molar-refractivity contribution >= 4 is 17.6 Å². The first-order valence-corrected chi connectivity index (χ1v) is 9.05. The number of carbonyl (C=O) groups is 2. The van der Waals surface area contributed by atoms with Gasteiger partial charge in [-0.2, -0.15) is 0 Å². The van der Waals surface area contributed by atoms with Crippen LogP contribution in [-0.4, -0.2) is 30.6 Å². The number of hydrogen-bond acceptors (Lipinski definition) is 3. The number of urea groups is 1. The summed E-state index contributed by atoms with van der Waals surface area (Å²) in [6.07, 6.45) is 0.840. The number of nitrogens with one attached hydrogen (secondary N) is 3. The van der Waals surface area contributed by atoms with Gasteiger partial charge >= 0.3 is 6.03 Å². The van der Waals surface area contributed by atoms with Crippen molar-refractivity contribution in [2.24, 2.45) is 0 Å². The SMILES string of the molecule is CCC(C)(C)NC(=O)c1ccc(NC(=O)NCCOc2ccccc2)cc1. The summed E-state index contributed by atoms with van der Waals surface area (Å²) in [6.45, 7) is 6.74. The fraction of sp³-hybridized carbons (Fsp3) is 0.333. The van der Waals surface area contributed by atoms with Crippen LogP contribution in [0.15, 0.2) is 54.6 Å². The molecule has 3 N–H and O–H groups in total. The molecule has 0 unspecified atom stereocenters. The van der Waals surface area contributed by atoms with Gasteiger partial charge in [-0.05, 0) is 56.7 Å². The molecule has 0 radical (unpaired) electrons. The smallest absolute Gasteiger partial charge is 0.319 e. The van der Waals surface area contributed by atoms with Crippen molar-refractivity contribution < 1.29 is 14.3 Å². The van der Waals surface area contributed by atoms with Crippen LogP contribution >= 0.6 is 0 Å². The first-order chi connectivity index (χ1) is 12.9. The third-order valence-electron chi connectivity index (χ3n) is 4.14. The molecule has 6 nitrogen and oxygen atoms in total. The summed E-state index contributed by atoms with van der Waals surface area (Å²) in [7, 11) is 0. The van der Waals surface area contributed by atoms with Crippen molar-refractivity contribution in [3.05, 3.63) is 60.2 Å². The Morgan fingerprint density at radius 1 is 1.00 bits per heavy atom. The Bertz CT molecular complexity index is 743. The van der Waals surface area contributed by atoms with Gasteiger partial charge in [0.15, 0.2) is 0 Å². The molecule has 0 aromatic heterocycles. The van der Waals surface area contributed by atoms with Gasteiger partial charge in [0.05, 0.1) is 6.54 Å². The van der Waals surface area contributed by atoms with E-state index in [-0.39, 0.29) is 17.5 Å². The van der Waals surface area contributed by atoms with Crippen LogP contribution in [0.3, 0.4) is 0 Å². The van der Waals surface area contributed by atoms with Crippen LogP contribution in [0.25, 0.3) is 0 Å². The lowest BCUT2D eigenvalue weighted by atomic mass is 10.0. The molecule has 0 saturated heterocycles. The van der Waals surface area contributed by atoms with Gasteiger partial charge in [-0.15, -0.1) is 0 Å². The second-order valence-corrected chi connectivity index (χ2v) is 6.81. The molecule has 0 aliphatic rings. The summed E-state index contributed by atoms with van der Waals surface area (Å²) in [6, 6.07) is 15.9. The Hall–Kier alpha value is -3.02. The lowest BCUT2D eigenvalue weighted by molar-refractivity contribution is 0.0911. The van der Waals surface area contributed by atoms with E-state index >= 15 is 0 Å². The Morgan fingerprint density at radius 2 is 1.67 bits per heavy atom. The van der Waals surface area contributed by atoms with E-state index in [0.717, 1.165) is 12.2 Å². The van der Waals surface area contributed by atoms with Crippen LogP contribution < -0.4 is 20.7 Å². The molecule has 2 rings (SSSR count). The summed E-state index contributed by atoms with van der Waals surface area (Å²) in [5.41, 5.74) is 0.914. The first kappa shape index (κ1) is 20.3. The Kier molecular flexibility index (Phi) is 7.23. The van der Waals surface area contributed by atoms with Crippen molar-refractivity contribution in [1.29, 1.82) is 0 Å². The van der Waals surface area contributed by atoms with Crippen LogP contribution in [-0.2, 0) is 0 Å². The predicted molar refractivity (Wildman–Crippen MR) is 107 cm³/mol. The van der Waals surface area contributed by atoms with E-state index < -0.39 is 0 Å². The van der Waals surface area contributed by atoms with Crippen LogP contribution in [0.1, 0.15) is 37.6 Å². The number of para-hydroxylation sites is 1. The van der Waals surface area contributed by atoms with E-state index in [2.05, 4.69) is 16.0 Å². The highest BCUT2D eigenvalue weighted by molar-refractivity contribution is 5.95. The zero-order valence-corrected chi connectivity index (χ0v) is 16.0. The maximum absolute atomic E-state index is 12.2. The minimum atomic E-state index is -0.323. The minimum absolute atomic E-state index is 0.129. The molecule has 0 bridgehead atoms. The zero-order chi connectivity index (χ0) is 19.7. The van der Waals surface area contributed by atoms with Crippen LogP contribution in [0, 0.1) is 0 Å². The maximum atomic E-state index is 12.2. The fourth-order valence-corrected chi connectivity index (χ4v) is 2.20. The Labute approximate surface area is 160 Å². The van der Waals surface area contributed by atoms with Gasteiger partial charge < -0.3 is 20.7 Å². The van der Waals surface area contributed by atoms with Gasteiger partial charge in [0.25, 0.3) is 5.91 Å². The Balaban J connectivity index is 1.75. The van der Waals surface area contributed by atoms with E-state index in [1.165, 1.54) is 0 Å². The van der Waals surface area contributed by atoms with E-state index in [1.54, 1.807) is 24.3 Å². The summed E-state index contributed by atoms with van der Waals surface area (Å²) in [4.78, 5) is 24.1. The normalized spacial score (nSPS) is 10.8. The molecule has 0 fully saturated rings. The molecule has 3 amide bonds. The number of anilines is 1. The molecule has 0 aliphatic heterocycles. The molecule has 0 saturated carbocycles. The number of carbonyl (C=O) groups excluding carboxylic acids is 2. The standard InChI is InChI=1S/C21H27N3O3/c1-4-21(2,3)24-19(25)16-10-12-17(13-11-16)23-20(26)22-14-15-27-18-8-6-5-7-9-18/h5-13H,4,14-15H2,1-3H3,(H,24,25)(H2,22,23,26). The van der Waals surface area contributed by atoms with Crippen LogP contribution in [0.5, 0.6) is 5.75 Å². The van der Waals surface area contributed by atoms with E-state index in [0.29, 0.717) is 24.4 Å². The van der Waals surface area contributed by atoms with Crippen molar-refractivity contribution in [3.63, 3.8) is 0 Å². The summed E-state index contributed by atoms with van der Waals surface area (Å²) in [5.74, 6) is 0.635. The third-order valence-corrected chi connectivity index (χ3v) is 4.14. The van der Waals surface area contributed by atoms with E-state index in [1.807, 2.05) is 51.1 Å². The maximum Gasteiger partial charge on any atom is 0.319 e. The van der Waals surface area contributed by atoms with Crippen molar-refractivity contribution in [1.82, 2.24) is 10.6 Å². The molecule has 0 spiro atoms. The predicted octanol–water partition coefficient (Wildman–Crippen LogP) is 3.81. The van der Waals surface area contributed by atoms with E-state index in [4.69, 9.17) is 4.74 Å².